The Morgan fingerprint density at radius 3 is 2.81 bits per heavy atom. The predicted molar refractivity (Wildman–Crippen MR) is 66.5 cm³/mol. The van der Waals surface area contributed by atoms with Gasteiger partial charge in [0.1, 0.15) is 5.82 Å². The average molecular weight is 242 g/mol. The lowest BCUT2D eigenvalue weighted by atomic mass is 9.86. The zero-order chi connectivity index (χ0) is 11.5. The third kappa shape index (κ3) is 2.67. The van der Waals surface area contributed by atoms with E-state index in [0.29, 0.717) is 22.7 Å². The van der Waals surface area contributed by atoms with E-state index in [2.05, 4.69) is 12.2 Å². The van der Waals surface area contributed by atoms with E-state index in [1.54, 1.807) is 12.1 Å². The molecule has 0 bridgehead atoms. The number of benzene rings is 1. The fourth-order valence-electron chi connectivity index (χ4n) is 2.34. The molecule has 0 radical (unpaired) electrons. The Balaban J connectivity index is 2.10. The van der Waals surface area contributed by atoms with Crippen LogP contribution in [-0.2, 0) is 0 Å². The summed E-state index contributed by atoms with van der Waals surface area (Å²) in [5.41, 5.74) is 0.534. The Bertz CT molecular complexity index is 367. The van der Waals surface area contributed by atoms with Crippen LogP contribution in [0.1, 0.15) is 32.6 Å². The van der Waals surface area contributed by atoms with Gasteiger partial charge in [-0.2, -0.15) is 0 Å². The lowest BCUT2D eigenvalue weighted by molar-refractivity contribution is 0.348. The van der Waals surface area contributed by atoms with Gasteiger partial charge in [0, 0.05) is 11.1 Å². The van der Waals surface area contributed by atoms with Gasteiger partial charge in [0.25, 0.3) is 0 Å². The van der Waals surface area contributed by atoms with Gasteiger partial charge in [0.2, 0.25) is 0 Å². The number of halogens is 2. The second-order valence-corrected chi connectivity index (χ2v) is 5.07. The van der Waals surface area contributed by atoms with Crippen molar-refractivity contribution in [1.82, 2.24) is 0 Å². The van der Waals surface area contributed by atoms with Crippen molar-refractivity contribution in [2.24, 2.45) is 5.92 Å². The highest BCUT2D eigenvalue weighted by atomic mass is 35.5. The maximum Gasteiger partial charge on any atom is 0.146 e. The monoisotopic (exact) mass is 241 g/mol. The molecule has 0 spiro atoms. The molecular weight excluding hydrogens is 225 g/mol. The summed E-state index contributed by atoms with van der Waals surface area (Å²) < 4.78 is 13.5. The topological polar surface area (TPSA) is 12.0 Å². The summed E-state index contributed by atoms with van der Waals surface area (Å²) in [7, 11) is 0. The van der Waals surface area contributed by atoms with E-state index in [-0.39, 0.29) is 5.82 Å². The van der Waals surface area contributed by atoms with Crippen LogP contribution in [0, 0.1) is 11.7 Å². The first-order chi connectivity index (χ1) is 7.66. The number of hydrogen-bond acceptors (Lipinski definition) is 1. The molecule has 0 saturated heterocycles. The van der Waals surface area contributed by atoms with Gasteiger partial charge < -0.3 is 5.32 Å². The zero-order valence-corrected chi connectivity index (χ0v) is 10.2. The molecule has 0 heterocycles. The van der Waals surface area contributed by atoms with Gasteiger partial charge in [-0.3, -0.25) is 0 Å². The Morgan fingerprint density at radius 2 is 2.06 bits per heavy atom. The highest BCUT2D eigenvalue weighted by molar-refractivity contribution is 6.30. The van der Waals surface area contributed by atoms with Crippen molar-refractivity contribution in [2.45, 2.75) is 38.6 Å². The molecule has 1 nitrogen and oxygen atoms in total. The van der Waals surface area contributed by atoms with Crippen LogP contribution in [0.4, 0.5) is 10.1 Å². The molecule has 1 aromatic carbocycles. The second-order valence-electron chi connectivity index (χ2n) is 4.64. The summed E-state index contributed by atoms with van der Waals surface area (Å²) in [5, 5.41) is 3.86. The van der Waals surface area contributed by atoms with Crippen LogP contribution in [0.5, 0.6) is 0 Å². The van der Waals surface area contributed by atoms with Crippen LogP contribution >= 0.6 is 11.6 Å². The lowest BCUT2D eigenvalue weighted by Gasteiger charge is -2.30. The minimum absolute atomic E-state index is 0.220. The quantitative estimate of drug-likeness (QED) is 0.806. The normalized spacial score (nSPS) is 25.4. The third-order valence-corrected chi connectivity index (χ3v) is 3.62. The molecule has 1 fully saturated rings. The minimum atomic E-state index is -0.220. The molecule has 2 rings (SSSR count). The maximum absolute atomic E-state index is 13.5. The van der Waals surface area contributed by atoms with Crippen molar-refractivity contribution < 1.29 is 4.39 Å². The van der Waals surface area contributed by atoms with Gasteiger partial charge in [0.05, 0.1) is 5.69 Å². The zero-order valence-electron chi connectivity index (χ0n) is 9.47. The number of hydrogen-bond donors (Lipinski definition) is 1. The van der Waals surface area contributed by atoms with Crippen LogP contribution in [0.3, 0.4) is 0 Å². The maximum atomic E-state index is 13.5. The summed E-state index contributed by atoms with van der Waals surface area (Å²) >= 11 is 5.86. The van der Waals surface area contributed by atoms with E-state index in [0.717, 1.165) is 6.42 Å². The Labute approximate surface area is 101 Å². The minimum Gasteiger partial charge on any atom is -0.380 e. The highest BCUT2D eigenvalue weighted by Gasteiger charge is 2.21. The fourth-order valence-corrected chi connectivity index (χ4v) is 2.51. The van der Waals surface area contributed by atoms with Crippen LogP contribution in [0.25, 0.3) is 0 Å². The van der Waals surface area contributed by atoms with E-state index in [1.165, 1.54) is 25.3 Å². The first-order valence-corrected chi connectivity index (χ1v) is 6.26. The third-order valence-electron chi connectivity index (χ3n) is 3.38. The molecule has 3 heteroatoms. The van der Waals surface area contributed by atoms with Gasteiger partial charge in [-0.25, -0.2) is 4.39 Å². The van der Waals surface area contributed by atoms with Crippen molar-refractivity contribution in [3.63, 3.8) is 0 Å². The van der Waals surface area contributed by atoms with E-state index in [1.807, 2.05) is 0 Å². The standard InChI is InChI=1S/C13H17ClFN/c1-9-4-2-3-5-12(9)16-13-8-10(14)6-7-11(13)15/h6-9,12,16H,2-5H2,1H3. The molecule has 1 saturated carbocycles. The average Bonchev–Trinajstić information content (AvgIpc) is 2.27. The molecule has 1 aliphatic carbocycles. The first-order valence-electron chi connectivity index (χ1n) is 5.88. The Kier molecular flexibility index (Phi) is 3.70. The molecule has 1 aliphatic rings. The SMILES string of the molecule is CC1CCCCC1Nc1cc(Cl)ccc1F. The van der Waals surface area contributed by atoms with Crippen LogP contribution in [-0.4, -0.2) is 6.04 Å². The van der Waals surface area contributed by atoms with E-state index < -0.39 is 0 Å². The molecule has 16 heavy (non-hydrogen) atoms. The van der Waals surface area contributed by atoms with Crippen LogP contribution < -0.4 is 5.32 Å². The first kappa shape index (κ1) is 11.7. The van der Waals surface area contributed by atoms with Gasteiger partial charge in [-0.1, -0.05) is 31.4 Å². The summed E-state index contributed by atoms with van der Waals surface area (Å²) in [6.45, 7) is 2.22. The fraction of sp³-hybridized carbons (Fsp3) is 0.538. The van der Waals surface area contributed by atoms with Gasteiger partial charge in [-0.15, -0.1) is 0 Å². The van der Waals surface area contributed by atoms with E-state index in [4.69, 9.17) is 11.6 Å². The Morgan fingerprint density at radius 1 is 1.31 bits per heavy atom. The van der Waals surface area contributed by atoms with Gasteiger partial charge in [-0.05, 0) is 37.0 Å². The number of nitrogens with one attached hydrogen (secondary N) is 1. The molecule has 2 atom stereocenters. The largest absolute Gasteiger partial charge is 0.380 e. The number of rotatable bonds is 2. The second kappa shape index (κ2) is 5.05. The van der Waals surface area contributed by atoms with Crippen LogP contribution in [0.2, 0.25) is 5.02 Å². The van der Waals surface area contributed by atoms with Crippen LogP contribution in [0.15, 0.2) is 18.2 Å². The molecule has 1 N–H and O–H groups in total. The van der Waals surface area contributed by atoms with E-state index in [9.17, 15) is 4.39 Å². The summed E-state index contributed by atoms with van der Waals surface area (Å²) in [4.78, 5) is 0. The molecule has 0 amide bonds. The smallest absolute Gasteiger partial charge is 0.146 e. The van der Waals surface area contributed by atoms with Gasteiger partial charge in [0.15, 0.2) is 0 Å². The Hall–Kier alpha value is -0.760. The summed E-state index contributed by atoms with van der Waals surface area (Å²) in [6, 6.07) is 5.03. The van der Waals surface area contributed by atoms with E-state index >= 15 is 0 Å². The molecule has 2 unspecified atom stereocenters. The summed E-state index contributed by atoms with van der Waals surface area (Å²) in [5.74, 6) is 0.384. The van der Waals surface area contributed by atoms with Crippen molar-refractivity contribution in [3.05, 3.63) is 29.0 Å². The molecular formula is C13H17ClFN. The molecule has 0 aromatic heterocycles. The van der Waals surface area contributed by atoms with Gasteiger partial charge >= 0.3 is 0 Å². The van der Waals surface area contributed by atoms with Crippen molar-refractivity contribution >= 4 is 17.3 Å². The van der Waals surface area contributed by atoms with Crippen molar-refractivity contribution in [1.29, 1.82) is 0 Å². The molecule has 1 aromatic rings. The highest BCUT2D eigenvalue weighted by Crippen LogP contribution is 2.28. The molecule has 0 aliphatic heterocycles. The van der Waals surface area contributed by atoms with Crippen molar-refractivity contribution in [2.75, 3.05) is 5.32 Å². The predicted octanol–water partition coefficient (Wildman–Crippen LogP) is 4.47. The number of anilines is 1. The lowest BCUT2D eigenvalue weighted by Crippen LogP contribution is -2.30. The van der Waals surface area contributed by atoms with Crippen molar-refractivity contribution in [3.8, 4) is 0 Å². The molecule has 88 valence electrons. The summed E-state index contributed by atoms with van der Waals surface area (Å²) in [6.07, 6.45) is 4.86.